The van der Waals surface area contributed by atoms with E-state index in [0.29, 0.717) is 23.1 Å². The molecule has 0 bridgehead atoms. The van der Waals surface area contributed by atoms with Crippen molar-refractivity contribution >= 4 is 22.6 Å². The predicted octanol–water partition coefficient (Wildman–Crippen LogP) is 1.46. The number of hydrogen-bond donors (Lipinski definition) is 2. The Bertz CT molecular complexity index is 861. The molecule has 1 aliphatic rings. The van der Waals surface area contributed by atoms with Crippen LogP contribution in [0.3, 0.4) is 0 Å². The minimum atomic E-state index is -1.00. The Morgan fingerprint density at radius 2 is 2.00 bits per heavy atom. The first kappa shape index (κ1) is 18.1. The van der Waals surface area contributed by atoms with Gasteiger partial charge in [-0.2, -0.15) is 5.26 Å². The molecule has 1 fully saturated rings. The van der Waals surface area contributed by atoms with Gasteiger partial charge in [0.25, 0.3) is 0 Å². The third-order valence-corrected chi connectivity index (χ3v) is 4.91. The fraction of sp³-hybridized carbons (Fsp3) is 0.474. The van der Waals surface area contributed by atoms with E-state index >= 15 is 0 Å². The summed E-state index contributed by atoms with van der Waals surface area (Å²) in [5.74, 6) is -0.232. The third kappa shape index (κ3) is 3.33. The zero-order chi connectivity index (χ0) is 18.8. The molecule has 1 aromatic heterocycles. The number of aromatic nitrogens is 2. The van der Waals surface area contributed by atoms with Crippen molar-refractivity contribution in [3.05, 3.63) is 30.1 Å². The minimum Gasteiger partial charge on any atom is -0.383 e. The number of aliphatic hydroxyl groups excluding tert-OH is 1. The maximum absolute atomic E-state index is 12.2. The maximum atomic E-state index is 12.2. The average Bonchev–Trinajstić information content (AvgIpc) is 3.00. The number of benzene rings is 1. The third-order valence-electron chi connectivity index (χ3n) is 4.91. The van der Waals surface area contributed by atoms with Crippen LogP contribution in [0.5, 0.6) is 0 Å². The molecule has 1 aromatic carbocycles. The molecule has 2 N–H and O–H groups in total. The van der Waals surface area contributed by atoms with Crippen LogP contribution in [-0.4, -0.2) is 46.2 Å². The van der Waals surface area contributed by atoms with E-state index in [2.05, 4.69) is 33.2 Å². The number of carbonyl (C=O) groups excluding carboxylic acids is 1. The number of fused-ring (bicyclic) bond motifs is 1. The van der Waals surface area contributed by atoms with Gasteiger partial charge in [-0.1, -0.05) is 20.8 Å². The number of rotatable bonds is 4. The Morgan fingerprint density at radius 3 is 2.65 bits per heavy atom. The summed E-state index contributed by atoms with van der Waals surface area (Å²) in [6.07, 6.45) is 2.19. The highest BCUT2D eigenvalue weighted by Gasteiger charge is 2.33. The molecule has 26 heavy (non-hydrogen) atoms. The lowest BCUT2D eigenvalue weighted by Crippen LogP contribution is -2.46. The van der Waals surface area contributed by atoms with Crippen LogP contribution in [-0.2, 0) is 4.79 Å². The summed E-state index contributed by atoms with van der Waals surface area (Å²) >= 11 is 0. The normalized spacial score (nSPS) is 21.0. The molecule has 136 valence electrons. The van der Waals surface area contributed by atoms with Crippen molar-refractivity contribution in [3.63, 3.8) is 0 Å². The molecule has 0 spiro atoms. The Kier molecular flexibility index (Phi) is 5.05. The Labute approximate surface area is 152 Å². The van der Waals surface area contributed by atoms with E-state index in [1.54, 1.807) is 18.5 Å². The van der Waals surface area contributed by atoms with E-state index < -0.39 is 6.10 Å². The number of amides is 1. The standard InChI is InChI=1S/C19H23N5O2/c1-11(2)18(25)19(26)23-14-10-24(9-12(14)3)15-5-4-13(8-20)16-17(15)22-7-6-21-16/h4-7,11-12,14,18,25H,9-10H2,1-3H3,(H,23,26)/t12-,14+,18+/m1/s1. The average molecular weight is 353 g/mol. The summed E-state index contributed by atoms with van der Waals surface area (Å²) in [4.78, 5) is 23.0. The summed E-state index contributed by atoms with van der Waals surface area (Å²) in [6, 6.07) is 5.73. The number of anilines is 1. The molecule has 0 radical (unpaired) electrons. The highest BCUT2D eigenvalue weighted by molar-refractivity contribution is 5.92. The highest BCUT2D eigenvalue weighted by Crippen LogP contribution is 2.30. The van der Waals surface area contributed by atoms with Gasteiger partial charge in [-0.15, -0.1) is 0 Å². The topological polar surface area (TPSA) is 102 Å². The quantitative estimate of drug-likeness (QED) is 0.863. The van der Waals surface area contributed by atoms with Gasteiger partial charge in [0.15, 0.2) is 0 Å². The molecule has 3 rings (SSSR count). The molecule has 1 amide bonds. The molecule has 0 aliphatic carbocycles. The van der Waals surface area contributed by atoms with Crippen molar-refractivity contribution in [2.24, 2.45) is 11.8 Å². The van der Waals surface area contributed by atoms with E-state index in [9.17, 15) is 15.2 Å². The van der Waals surface area contributed by atoms with E-state index in [0.717, 1.165) is 12.2 Å². The van der Waals surface area contributed by atoms with Gasteiger partial charge in [0, 0.05) is 25.5 Å². The van der Waals surface area contributed by atoms with E-state index in [4.69, 9.17) is 0 Å². The lowest BCUT2D eigenvalue weighted by molar-refractivity contribution is -0.132. The van der Waals surface area contributed by atoms with E-state index in [1.807, 2.05) is 19.9 Å². The Morgan fingerprint density at radius 1 is 1.31 bits per heavy atom. The van der Waals surface area contributed by atoms with Crippen LogP contribution < -0.4 is 10.2 Å². The summed E-state index contributed by atoms with van der Waals surface area (Å²) in [5.41, 5.74) is 2.67. The molecule has 3 atom stereocenters. The fourth-order valence-electron chi connectivity index (χ4n) is 3.31. The summed E-state index contributed by atoms with van der Waals surface area (Å²) in [7, 11) is 0. The summed E-state index contributed by atoms with van der Waals surface area (Å²) in [5, 5.41) is 22.2. The van der Waals surface area contributed by atoms with Gasteiger partial charge in [0.05, 0.1) is 17.3 Å². The van der Waals surface area contributed by atoms with Gasteiger partial charge in [0.1, 0.15) is 23.2 Å². The minimum absolute atomic E-state index is 0.0572. The molecule has 0 unspecified atom stereocenters. The SMILES string of the molecule is CC(C)[C@H](O)C(=O)N[C@H]1CN(c2ccc(C#N)c3nccnc23)C[C@H]1C. The Balaban J connectivity index is 1.83. The van der Waals surface area contributed by atoms with E-state index in [-0.39, 0.29) is 23.8 Å². The number of nitrogens with zero attached hydrogens (tertiary/aromatic N) is 4. The highest BCUT2D eigenvalue weighted by atomic mass is 16.3. The zero-order valence-electron chi connectivity index (χ0n) is 15.2. The van der Waals surface area contributed by atoms with Crippen molar-refractivity contribution in [3.8, 4) is 6.07 Å². The number of carbonyl (C=O) groups is 1. The second-order valence-electron chi connectivity index (χ2n) is 7.18. The second-order valence-corrected chi connectivity index (χ2v) is 7.18. The molecule has 1 aliphatic heterocycles. The van der Waals surface area contributed by atoms with Crippen LogP contribution in [0, 0.1) is 23.2 Å². The first-order valence-corrected chi connectivity index (χ1v) is 8.79. The van der Waals surface area contributed by atoms with Gasteiger partial charge in [-0.25, -0.2) is 0 Å². The second kappa shape index (κ2) is 7.26. The van der Waals surface area contributed by atoms with E-state index in [1.165, 1.54) is 0 Å². The number of nitriles is 1. The smallest absolute Gasteiger partial charge is 0.249 e. The molecular formula is C19H23N5O2. The van der Waals surface area contributed by atoms with Gasteiger partial charge in [-0.05, 0) is 24.0 Å². The lowest BCUT2D eigenvalue weighted by Gasteiger charge is -2.22. The first-order valence-electron chi connectivity index (χ1n) is 8.79. The predicted molar refractivity (Wildman–Crippen MR) is 98.4 cm³/mol. The van der Waals surface area contributed by atoms with Crippen LogP contribution >= 0.6 is 0 Å². The number of hydrogen-bond acceptors (Lipinski definition) is 6. The number of aliphatic hydroxyl groups is 1. The molecule has 1 saturated heterocycles. The van der Waals surface area contributed by atoms with Gasteiger partial charge >= 0.3 is 0 Å². The van der Waals surface area contributed by atoms with Crippen molar-refractivity contribution in [1.29, 1.82) is 5.26 Å². The van der Waals surface area contributed by atoms with Gasteiger partial charge < -0.3 is 15.3 Å². The molecular weight excluding hydrogens is 330 g/mol. The maximum Gasteiger partial charge on any atom is 0.249 e. The monoisotopic (exact) mass is 353 g/mol. The van der Waals surface area contributed by atoms with Crippen molar-refractivity contribution in [1.82, 2.24) is 15.3 Å². The molecule has 0 saturated carbocycles. The van der Waals surface area contributed by atoms with Crippen LogP contribution in [0.15, 0.2) is 24.5 Å². The largest absolute Gasteiger partial charge is 0.383 e. The molecule has 2 heterocycles. The van der Waals surface area contributed by atoms with Crippen LogP contribution in [0.1, 0.15) is 26.3 Å². The summed E-state index contributed by atoms with van der Waals surface area (Å²) < 4.78 is 0. The molecule has 7 heteroatoms. The number of nitrogens with one attached hydrogen (secondary N) is 1. The van der Waals surface area contributed by atoms with Crippen LogP contribution in [0.25, 0.3) is 11.0 Å². The Hall–Kier alpha value is -2.72. The van der Waals surface area contributed by atoms with Gasteiger partial charge in [0.2, 0.25) is 5.91 Å². The zero-order valence-corrected chi connectivity index (χ0v) is 15.2. The van der Waals surface area contributed by atoms with Crippen molar-refractivity contribution in [2.45, 2.75) is 32.9 Å². The fourth-order valence-corrected chi connectivity index (χ4v) is 3.31. The molecule has 7 nitrogen and oxygen atoms in total. The van der Waals surface area contributed by atoms with Crippen LogP contribution in [0.2, 0.25) is 0 Å². The van der Waals surface area contributed by atoms with Gasteiger partial charge in [-0.3, -0.25) is 14.8 Å². The summed E-state index contributed by atoms with van der Waals surface area (Å²) in [6.45, 7) is 7.08. The lowest BCUT2D eigenvalue weighted by atomic mass is 10.0. The first-order chi connectivity index (χ1) is 12.4. The molecule has 2 aromatic rings. The van der Waals surface area contributed by atoms with Crippen molar-refractivity contribution < 1.29 is 9.90 Å². The van der Waals surface area contributed by atoms with Crippen molar-refractivity contribution in [2.75, 3.05) is 18.0 Å². The van der Waals surface area contributed by atoms with Crippen LogP contribution in [0.4, 0.5) is 5.69 Å².